The van der Waals surface area contributed by atoms with Gasteiger partial charge in [0.15, 0.2) is 0 Å². The molecule has 0 unspecified atom stereocenters. The topological polar surface area (TPSA) is 67.5 Å². The lowest BCUT2D eigenvalue weighted by molar-refractivity contribution is 0.479. The minimum atomic E-state index is -3.79. The van der Waals surface area contributed by atoms with Gasteiger partial charge >= 0.3 is 0 Å². The van der Waals surface area contributed by atoms with Crippen molar-refractivity contribution in [2.75, 3.05) is 5.75 Å². The van der Waals surface area contributed by atoms with Crippen molar-refractivity contribution in [3.05, 3.63) is 36.1 Å². The van der Waals surface area contributed by atoms with Crippen LogP contribution in [0.1, 0.15) is 37.7 Å². The maximum absolute atomic E-state index is 10.5. The van der Waals surface area contributed by atoms with Crippen molar-refractivity contribution >= 4 is 21.1 Å². The van der Waals surface area contributed by atoms with Gasteiger partial charge in [0.05, 0.1) is 12.0 Å². The van der Waals surface area contributed by atoms with Crippen LogP contribution < -0.4 is 0 Å². The Labute approximate surface area is 119 Å². The molecular formula is C15H20O4S. The molecule has 0 aliphatic heterocycles. The normalized spacial score (nSPS) is 12.1. The van der Waals surface area contributed by atoms with E-state index in [4.69, 9.17) is 8.97 Å². The van der Waals surface area contributed by atoms with Gasteiger partial charge < -0.3 is 4.42 Å². The SMILES string of the molecule is O=S(=O)(O)CCCCCCCc1coc2ccccc12. The number of fused-ring (bicyclic) bond motifs is 1. The molecule has 0 aliphatic carbocycles. The standard InChI is InChI=1S/C15H20O4S/c16-20(17,18)11-7-3-1-2-4-8-13-12-19-15-10-6-5-9-14(13)15/h5-6,9-10,12H,1-4,7-8,11H2,(H,16,17,18). The highest BCUT2D eigenvalue weighted by Crippen LogP contribution is 2.22. The lowest BCUT2D eigenvalue weighted by Crippen LogP contribution is -2.03. The average molecular weight is 296 g/mol. The Bertz CT molecular complexity index is 643. The maximum atomic E-state index is 10.5. The number of unbranched alkanes of at least 4 members (excludes halogenated alkanes) is 4. The molecule has 1 aromatic heterocycles. The van der Waals surface area contributed by atoms with Crippen molar-refractivity contribution in [1.82, 2.24) is 0 Å². The molecule has 0 amide bonds. The minimum Gasteiger partial charge on any atom is -0.464 e. The van der Waals surface area contributed by atoms with Crippen molar-refractivity contribution in [3.8, 4) is 0 Å². The zero-order valence-corrected chi connectivity index (χ0v) is 12.2. The smallest absolute Gasteiger partial charge is 0.264 e. The maximum Gasteiger partial charge on any atom is 0.264 e. The summed E-state index contributed by atoms with van der Waals surface area (Å²) in [5.74, 6) is -0.126. The summed E-state index contributed by atoms with van der Waals surface area (Å²) in [5, 5.41) is 1.18. The van der Waals surface area contributed by atoms with Gasteiger partial charge in [-0.05, 0) is 30.9 Å². The highest BCUT2D eigenvalue weighted by Gasteiger charge is 2.05. The third kappa shape index (κ3) is 4.65. The van der Waals surface area contributed by atoms with Crippen LogP contribution in [0.2, 0.25) is 0 Å². The van der Waals surface area contributed by atoms with E-state index in [-0.39, 0.29) is 5.75 Å². The predicted octanol–water partition coefficient (Wildman–Crippen LogP) is 3.81. The van der Waals surface area contributed by atoms with Gasteiger partial charge in [0, 0.05) is 5.39 Å². The number of para-hydroxylation sites is 1. The second-order valence-electron chi connectivity index (χ2n) is 5.06. The zero-order valence-electron chi connectivity index (χ0n) is 11.4. The largest absolute Gasteiger partial charge is 0.464 e. The quantitative estimate of drug-likeness (QED) is 0.594. The molecular weight excluding hydrogens is 276 g/mol. The van der Waals surface area contributed by atoms with E-state index < -0.39 is 10.1 Å². The van der Waals surface area contributed by atoms with Crippen LogP contribution >= 0.6 is 0 Å². The first-order valence-corrected chi connectivity index (χ1v) is 8.57. The van der Waals surface area contributed by atoms with Gasteiger partial charge in [-0.2, -0.15) is 8.42 Å². The van der Waals surface area contributed by atoms with Gasteiger partial charge in [0.25, 0.3) is 10.1 Å². The van der Waals surface area contributed by atoms with Crippen molar-refractivity contribution < 1.29 is 17.4 Å². The van der Waals surface area contributed by atoms with Crippen molar-refractivity contribution in [2.24, 2.45) is 0 Å². The van der Waals surface area contributed by atoms with E-state index >= 15 is 0 Å². The summed E-state index contributed by atoms with van der Waals surface area (Å²) in [6.45, 7) is 0. The van der Waals surface area contributed by atoms with Crippen molar-refractivity contribution in [2.45, 2.75) is 38.5 Å². The number of aryl methyl sites for hydroxylation is 1. The minimum absolute atomic E-state index is 0.126. The molecule has 0 radical (unpaired) electrons. The molecule has 2 aromatic rings. The molecule has 0 saturated carbocycles. The van der Waals surface area contributed by atoms with Gasteiger partial charge in [-0.25, -0.2) is 0 Å². The fourth-order valence-corrected chi connectivity index (χ4v) is 2.93. The average Bonchev–Trinajstić information content (AvgIpc) is 2.80. The van der Waals surface area contributed by atoms with Crippen LogP contribution in [0.25, 0.3) is 11.0 Å². The molecule has 0 saturated heterocycles. The molecule has 0 spiro atoms. The van der Waals surface area contributed by atoms with Crippen molar-refractivity contribution in [3.63, 3.8) is 0 Å². The monoisotopic (exact) mass is 296 g/mol. The Balaban J connectivity index is 1.66. The highest BCUT2D eigenvalue weighted by atomic mass is 32.2. The van der Waals surface area contributed by atoms with Crippen LogP contribution in [0.3, 0.4) is 0 Å². The second-order valence-corrected chi connectivity index (χ2v) is 6.63. The Morgan fingerprint density at radius 3 is 2.50 bits per heavy atom. The highest BCUT2D eigenvalue weighted by molar-refractivity contribution is 7.85. The van der Waals surface area contributed by atoms with E-state index in [2.05, 4.69) is 6.07 Å². The molecule has 1 N–H and O–H groups in total. The Kier molecular flexibility index (Phi) is 5.20. The molecule has 0 aliphatic rings. The molecule has 5 heteroatoms. The summed E-state index contributed by atoms with van der Waals surface area (Å²) in [6, 6.07) is 8.01. The van der Waals surface area contributed by atoms with Crippen LogP contribution in [0.5, 0.6) is 0 Å². The molecule has 4 nitrogen and oxygen atoms in total. The molecule has 110 valence electrons. The number of hydrogen-bond acceptors (Lipinski definition) is 3. The van der Waals surface area contributed by atoms with Gasteiger partial charge in [-0.3, -0.25) is 4.55 Å². The molecule has 20 heavy (non-hydrogen) atoms. The lowest BCUT2D eigenvalue weighted by atomic mass is 10.0. The number of rotatable bonds is 8. The molecule has 2 rings (SSSR count). The Morgan fingerprint density at radius 2 is 1.70 bits per heavy atom. The van der Waals surface area contributed by atoms with E-state index in [0.29, 0.717) is 6.42 Å². The van der Waals surface area contributed by atoms with Gasteiger partial charge in [0.2, 0.25) is 0 Å². The predicted molar refractivity (Wildman–Crippen MR) is 79.4 cm³/mol. The third-order valence-electron chi connectivity index (χ3n) is 3.41. The summed E-state index contributed by atoms with van der Waals surface area (Å²) in [7, 11) is -3.79. The summed E-state index contributed by atoms with van der Waals surface area (Å²) in [5.41, 5.74) is 2.16. The summed E-state index contributed by atoms with van der Waals surface area (Å²) >= 11 is 0. The second kappa shape index (κ2) is 6.90. The Morgan fingerprint density at radius 1 is 1.00 bits per heavy atom. The lowest BCUT2D eigenvalue weighted by Gasteiger charge is -2.00. The Hall–Kier alpha value is -1.33. The first kappa shape index (κ1) is 15.1. The van der Waals surface area contributed by atoms with E-state index in [9.17, 15) is 8.42 Å². The fraction of sp³-hybridized carbons (Fsp3) is 0.467. The summed E-state index contributed by atoms with van der Waals surface area (Å²) in [6.07, 6.45) is 7.30. The van der Waals surface area contributed by atoms with E-state index in [0.717, 1.165) is 37.7 Å². The molecule has 0 fully saturated rings. The zero-order chi connectivity index (χ0) is 14.4. The van der Waals surface area contributed by atoms with Gasteiger partial charge in [0.1, 0.15) is 5.58 Å². The van der Waals surface area contributed by atoms with Crippen molar-refractivity contribution in [1.29, 1.82) is 0 Å². The fourth-order valence-electron chi connectivity index (χ4n) is 2.36. The van der Waals surface area contributed by atoms with E-state index in [1.54, 1.807) is 0 Å². The number of hydrogen-bond donors (Lipinski definition) is 1. The summed E-state index contributed by atoms with van der Waals surface area (Å²) in [4.78, 5) is 0. The third-order valence-corrected chi connectivity index (χ3v) is 4.21. The molecule has 0 atom stereocenters. The van der Waals surface area contributed by atoms with Crippen LogP contribution in [-0.2, 0) is 16.5 Å². The molecule has 1 heterocycles. The first-order valence-electron chi connectivity index (χ1n) is 6.96. The van der Waals surface area contributed by atoms with E-state index in [1.165, 1.54) is 10.9 Å². The van der Waals surface area contributed by atoms with E-state index in [1.807, 2.05) is 24.5 Å². The van der Waals surface area contributed by atoms with Crippen LogP contribution in [0.4, 0.5) is 0 Å². The van der Waals surface area contributed by atoms with Crippen LogP contribution in [0.15, 0.2) is 34.9 Å². The number of furan rings is 1. The summed E-state index contributed by atoms with van der Waals surface area (Å²) < 4.78 is 35.2. The molecule has 0 bridgehead atoms. The van der Waals surface area contributed by atoms with Crippen LogP contribution in [0, 0.1) is 0 Å². The number of benzene rings is 1. The van der Waals surface area contributed by atoms with Crippen LogP contribution in [-0.4, -0.2) is 18.7 Å². The van der Waals surface area contributed by atoms with Gasteiger partial charge in [-0.15, -0.1) is 0 Å². The first-order chi connectivity index (χ1) is 9.56. The van der Waals surface area contributed by atoms with Gasteiger partial charge in [-0.1, -0.05) is 37.5 Å². The molecule has 1 aromatic carbocycles.